The third-order valence-electron chi connectivity index (χ3n) is 5.05. The van der Waals surface area contributed by atoms with E-state index in [1.807, 2.05) is 84.9 Å². The maximum atomic E-state index is 13.3. The normalized spacial score (nSPS) is 11.9. The number of rotatable bonds is 7. The zero-order valence-corrected chi connectivity index (χ0v) is 16.7. The van der Waals surface area contributed by atoms with Crippen molar-refractivity contribution in [2.45, 2.75) is 18.4 Å². The molecule has 4 aromatic rings. The maximum absolute atomic E-state index is 13.3. The fraction of sp³-hybridized carbons (Fsp3) is 0.120. The summed E-state index contributed by atoms with van der Waals surface area (Å²) in [6, 6.07) is 24.9. The molecule has 0 aliphatic rings. The van der Waals surface area contributed by atoms with Gasteiger partial charge in [0.05, 0.1) is 22.6 Å². The molecule has 4 rings (SSSR count). The van der Waals surface area contributed by atoms with E-state index in [2.05, 4.69) is 15.3 Å². The number of benzene rings is 3. The number of hydrogen-bond acceptors (Lipinski definition) is 4. The standard InChI is InChI=1S/C25H21N3O3/c29-24(23(17-9-3-1-4-10-17)18-11-5-2-6-12-18)28-22(25(30)31)15-19-16-26-20-13-7-8-14-21(20)27-19/h1-14,16,22-23H,15H2,(H,28,29)(H,30,31)/t22-/m1/s1. The van der Waals surface area contributed by atoms with Crippen molar-refractivity contribution in [1.29, 1.82) is 0 Å². The van der Waals surface area contributed by atoms with Crippen molar-refractivity contribution in [2.75, 3.05) is 0 Å². The highest BCUT2D eigenvalue weighted by Gasteiger charge is 2.28. The minimum absolute atomic E-state index is 0.0369. The molecule has 0 spiro atoms. The number of aromatic nitrogens is 2. The van der Waals surface area contributed by atoms with Gasteiger partial charge in [0.15, 0.2) is 0 Å². The molecule has 1 heterocycles. The second-order valence-corrected chi connectivity index (χ2v) is 7.21. The van der Waals surface area contributed by atoms with E-state index in [0.29, 0.717) is 11.2 Å². The molecule has 0 aliphatic carbocycles. The van der Waals surface area contributed by atoms with E-state index in [4.69, 9.17) is 0 Å². The molecule has 0 fully saturated rings. The number of fused-ring (bicyclic) bond motifs is 1. The van der Waals surface area contributed by atoms with Gasteiger partial charge in [0.1, 0.15) is 6.04 Å². The van der Waals surface area contributed by atoms with Crippen LogP contribution in [0.5, 0.6) is 0 Å². The van der Waals surface area contributed by atoms with E-state index >= 15 is 0 Å². The number of aliphatic carboxylic acids is 1. The van der Waals surface area contributed by atoms with E-state index < -0.39 is 17.9 Å². The fourth-order valence-electron chi connectivity index (χ4n) is 3.54. The minimum Gasteiger partial charge on any atom is -0.480 e. The van der Waals surface area contributed by atoms with Gasteiger partial charge in [-0.05, 0) is 23.3 Å². The van der Waals surface area contributed by atoms with Gasteiger partial charge in [0.2, 0.25) is 5.91 Å². The number of nitrogens with one attached hydrogen (secondary N) is 1. The lowest BCUT2D eigenvalue weighted by molar-refractivity contribution is -0.141. The van der Waals surface area contributed by atoms with Crippen LogP contribution in [-0.4, -0.2) is 33.0 Å². The molecular formula is C25H21N3O3. The van der Waals surface area contributed by atoms with Gasteiger partial charge in [-0.15, -0.1) is 0 Å². The number of amides is 1. The van der Waals surface area contributed by atoms with E-state index in [-0.39, 0.29) is 12.3 Å². The average Bonchev–Trinajstić information content (AvgIpc) is 2.80. The zero-order valence-electron chi connectivity index (χ0n) is 16.7. The molecule has 0 unspecified atom stereocenters. The summed E-state index contributed by atoms with van der Waals surface area (Å²) in [6.45, 7) is 0. The molecule has 3 aromatic carbocycles. The van der Waals surface area contributed by atoms with Crippen LogP contribution in [0.15, 0.2) is 91.1 Å². The summed E-state index contributed by atoms with van der Waals surface area (Å²) in [6.07, 6.45) is 1.59. The van der Waals surface area contributed by atoms with Crippen LogP contribution in [0.4, 0.5) is 0 Å². The maximum Gasteiger partial charge on any atom is 0.326 e. The molecule has 1 amide bonds. The monoisotopic (exact) mass is 411 g/mol. The van der Waals surface area contributed by atoms with E-state index in [1.165, 1.54) is 0 Å². The Bertz CT molecular complexity index is 1160. The van der Waals surface area contributed by atoms with Crippen LogP contribution in [0.2, 0.25) is 0 Å². The van der Waals surface area contributed by atoms with Gasteiger partial charge in [-0.25, -0.2) is 9.78 Å². The SMILES string of the molecule is O=C(N[C@H](Cc1cnc2ccccc2n1)C(=O)O)C(c1ccccc1)c1ccccc1. The van der Waals surface area contributed by atoms with Crippen molar-refractivity contribution < 1.29 is 14.7 Å². The van der Waals surface area contributed by atoms with Gasteiger partial charge < -0.3 is 10.4 Å². The smallest absolute Gasteiger partial charge is 0.326 e. The molecule has 0 radical (unpaired) electrons. The second kappa shape index (κ2) is 9.17. The Morgan fingerprint density at radius 3 is 1.94 bits per heavy atom. The topological polar surface area (TPSA) is 92.2 Å². The Morgan fingerprint density at radius 2 is 1.35 bits per heavy atom. The zero-order chi connectivity index (χ0) is 21.6. The molecule has 2 N–H and O–H groups in total. The van der Waals surface area contributed by atoms with E-state index in [0.717, 1.165) is 16.6 Å². The lowest BCUT2D eigenvalue weighted by atomic mass is 9.90. The van der Waals surface area contributed by atoms with E-state index in [1.54, 1.807) is 6.20 Å². The number of carboxylic acids is 1. The summed E-state index contributed by atoms with van der Waals surface area (Å²) < 4.78 is 0. The fourth-order valence-corrected chi connectivity index (χ4v) is 3.54. The van der Waals surface area contributed by atoms with Crippen molar-refractivity contribution in [3.63, 3.8) is 0 Å². The lowest BCUT2D eigenvalue weighted by Crippen LogP contribution is -2.44. The third-order valence-corrected chi connectivity index (χ3v) is 5.05. The molecular weight excluding hydrogens is 390 g/mol. The highest BCUT2D eigenvalue weighted by Crippen LogP contribution is 2.25. The van der Waals surface area contributed by atoms with Gasteiger partial charge in [-0.2, -0.15) is 0 Å². The molecule has 154 valence electrons. The van der Waals surface area contributed by atoms with E-state index in [9.17, 15) is 14.7 Å². The number of nitrogens with zero attached hydrogens (tertiary/aromatic N) is 2. The van der Waals surface area contributed by atoms with Gasteiger partial charge in [-0.1, -0.05) is 72.8 Å². The Labute approximate surface area is 179 Å². The van der Waals surface area contributed by atoms with Crippen molar-refractivity contribution >= 4 is 22.9 Å². The number of carbonyl (C=O) groups excluding carboxylic acids is 1. The number of para-hydroxylation sites is 2. The predicted molar refractivity (Wildman–Crippen MR) is 118 cm³/mol. The van der Waals surface area contributed by atoms with Gasteiger partial charge >= 0.3 is 5.97 Å². The van der Waals surface area contributed by atoms with Crippen LogP contribution in [0.1, 0.15) is 22.7 Å². The first-order valence-corrected chi connectivity index (χ1v) is 9.95. The predicted octanol–water partition coefficient (Wildman–Crippen LogP) is 3.57. The molecule has 0 aliphatic heterocycles. The Hall–Kier alpha value is -4.06. The van der Waals surface area contributed by atoms with Gasteiger partial charge in [-0.3, -0.25) is 9.78 Å². The molecule has 1 atom stereocenters. The van der Waals surface area contributed by atoms with Crippen LogP contribution in [0.3, 0.4) is 0 Å². The first-order valence-electron chi connectivity index (χ1n) is 9.95. The lowest BCUT2D eigenvalue weighted by Gasteiger charge is -2.21. The summed E-state index contributed by atoms with van der Waals surface area (Å²) in [5.41, 5.74) is 3.50. The highest BCUT2D eigenvalue weighted by molar-refractivity contribution is 5.90. The molecule has 1 aromatic heterocycles. The summed E-state index contributed by atoms with van der Waals surface area (Å²) >= 11 is 0. The van der Waals surface area contributed by atoms with Crippen LogP contribution in [0.25, 0.3) is 11.0 Å². The molecule has 6 nitrogen and oxygen atoms in total. The van der Waals surface area contributed by atoms with Crippen LogP contribution >= 0.6 is 0 Å². The van der Waals surface area contributed by atoms with Gasteiger partial charge in [0, 0.05) is 12.6 Å². The van der Waals surface area contributed by atoms with Crippen molar-refractivity contribution in [3.05, 3.63) is 108 Å². The molecule has 0 saturated carbocycles. The number of hydrogen-bond donors (Lipinski definition) is 2. The van der Waals surface area contributed by atoms with Crippen molar-refractivity contribution in [3.8, 4) is 0 Å². The quantitative estimate of drug-likeness (QED) is 0.485. The number of carbonyl (C=O) groups is 2. The Balaban J connectivity index is 1.59. The van der Waals surface area contributed by atoms with Crippen LogP contribution in [0, 0.1) is 0 Å². The highest BCUT2D eigenvalue weighted by atomic mass is 16.4. The first kappa shape index (κ1) is 20.2. The molecule has 0 bridgehead atoms. The minimum atomic E-state index is -1.13. The Morgan fingerprint density at radius 1 is 0.806 bits per heavy atom. The van der Waals surface area contributed by atoms with Crippen molar-refractivity contribution in [2.24, 2.45) is 0 Å². The van der Waals surface area contributed by atoms with Crippen molar-refractivity contribution in [1.82, 2.24) is 15.3 Å². The molecule has 0 saturated heterocycles. The average molecular weight is 411 g/mol. The van der Waals surface area contributed by atoms with Crippen LogP contribution in [-0.2, 0) is 16.0 Å². The summed E-state index contributed by atoms with van der Waals surface area (Å²) in [7, 11) is 0. The van der Waals surface area contributed by atoms with Crippen LogP contribution < -0.4 is 5.32 Å². The summed E-state index contributed by atoms with van der Waals surface area (Å²) in [5.74, 6) is -2.12. The molecule has 6 heteroatoms. The third kappa shape index (κ3) is 4.75. The molecule has 31 heavy (non-hydrogen) atoms. The number of carboxylic acid groups (broad SMARTS) is 1. The second-order valence-electron chi connectivity index (χ2n) is 7.21. The Kier molecular flexibility index (Phi) is 5.98. The van der Waals surface area contributed by atoms with Gasteiger partial charge in [0.25, 0.3) is 0 Å². The largest absolute Gasteiger partial charge is 0.480 e. The summed E-state index contributed by atoms with van der Waals surface area (Å²) in [5, 5.41) is 12.5. The summed E-state index contributed by atoms with van der Waals surface area (Å²) in [4.78, 5) is 34.0. The first-order chi connectivity index (χ1) is 15.1.